The third kappa shape index (κ3) is 3.89. The molecule has 2 aromatic heterocycles. The maximum atomic E-state index is 12.5. The Hall–Kier alpha value is -2.22. The van der Waals surface area contributed by atoms with E-state index in [2.05, 4.69) is 44.3 Å². The van der Waals surface area contributed by atoms with Crippen molar-refractivity contribution < 1.29 is 4.79 Å². The average molecular weight is 345 g/mol. The van der Waals surface area contributed by atoms with Gasteiger partial charge in [-0.15, -0.1) is 10.2 Å². The molecule has 0 radical (unpaired) electrons. The van der Waals surface area contributed by atoms with E-state index in [1.807, 2.05) is 17.7 Å². The van der Waals surface area contributed by atoms with Gasteiger partial charge in [0.05, 0.1) is 24.8 Å². The number of amides is 1. The fourth-order valence-corrected chi connectivity index (χ4v) is 3.01. The molecule has 0 fully saturated rings. The third-order valence-electron chi connectivity index (χ3n) is 4.83. The molecule has 0 aromatic carbocycles. The van der Waals surface area contributed by atoms with E-state index in [0.29, 0.717) is 6.54 Å². The molecule has 25 heavy (non-hydrogen) atoms. The smallest absolute Gasteiger partial charge is 0.242 e. The Balaban J connectivity index is 1.56. The Morgan fingerprint density at radius 3 is 2.96 bits per heavy atom. The van der Waals surface area contributed by atoms with Crippen molar-refractivity contribution in [3.05, 3.63) is 23.9 Å². The highest BCUT2D eigenvalue weighted by Gasteiger charge is 2.19. The summed E-state index contributed by atoms with van der Waals surface area (Å²) in [5.41, 5.74) is 0. The summed E-state index contributed by atoms with van der Waals surface area (Å²) in [5, 5.41) is 19.0. The van der Waals surface area contributed by atoms with Gasteiger partial charge in [-0.25, -0.2) is 4.68 Å². The molecule has 0 bridgehead atoms. The predicted octanol–water partition coefficient (Wildman–Crippen LogP) is 1.90. The maximum Gasteiger partial charge on any atom is 0.242 e. The standard InChI is InChI=1S/C17H27N7O/c1-4-12(2)24-14(8-9-19-24)20-17(25)13(3)18-11-16-22-21-15-7-5-6-10-23(15)16/h8-9,12-13,18H,4-7,10-11H2,1-3H3,(H,20,25)/t12-,13+/m0/s1. The zero-order valence-corrected chi connectivity index (χ0v) is 15.2. The summed E-state index contributed by atoms with van der Waals surface area (Å²) in [5.74, 6) is 2.60. The van der Waals surface area contributed by atoms with E-state index in [1.165, 1.54) is 6.42 Å². The molecule has 3 heterocycles. The molecular formula is C17H27N7O. The highest BCUT2D eigenvalue weighted by Crippen LogP contribution is 2.17. The Labute approximate surface area is 148 Å². The first-order valence-electron chi connectivity index (χ1n) is 9.08. The van der Waals surface area contributed by atoms with Crippen LogP contribution in [0.1, 0.15) is 57.7 Å². The lowest BCUT2D eigenvalue weighted by atomic mass is 10.1. The maximum absolute atomic E-state index is 12.5. The molecule has 0 saturated heterocycles. The quantitative estimate of drug-likeness (QED) is 0.800. The van der Waals surface area contributed by atoms with Crippen LogP contribution in [-0.2, 0) is 24.3 Å². The van der Waals surface area contributed by atoms with Gasteiger partial charge in [0.15, 0.2) is 0 Å². The molecule has 0 spiro atoms. The van der Waals surface area contributed by atoms with Crippen molar-refractivity contribution in [2.75, 3.05) is 5.32 Å². The van der Waals surface area contributed by atoms with Crippen LogP contribution < -0.4 is 10.6 Å². The summed E-state index contributed by atoms with van der Waals surface area (Å²) in [4.78, 5) is 12.5. The molecule has 8 nitrogen and oxygen atoms in total. The molecule has 0 saturated carbocycles. The van der Waals surface area contributed by atoms with E-state index in [0.717, 1.165) is 43.3 Å². The molecule has 2 aromatic rings. The number of hydrogen-bond donors (Lipinski definition) is 2. The Morgan fingerprint density at radius 1 is 1.32 bits per heavy atom. The van der Waals surface area contributed by atoms with Crippen LogP contribution in [0.3, 0.4) is 0 Å². The summed E-state index contributed by atoms with van der Waals surface area (Å²) >= 11 is 0. The Morgan fingerprint density at radius 2 is 2.16 bits per heavy atom. The second-order valence-corrected chi connectivity index (χ2v) is 6.65. The Kier molecular flexibility index (Phi) is 5.47. The minimum Gasteiger partial charge on any atom is -0.314 e. The van der Waals surface area contributed by atoms with Crippen LogP contribution in [0.4, 0.5) is 5.82 Å². The second kappa shape index (κ2) is 7.77. The number of nitrogens with zero attached hydrogens (tertiary/aromatic N) is 5. The minimum absolute atomic E-state index is 0.0802. The lowest BCUT2D eigenvalue weighted by molar-refractivity contribution is -0.117. The molecule has 2 N–H and O–H groups in total. The summed E-state index contributed by atoms with van der Waals surface area (Å²) in [7, 11) is 0. The second-order valence-electron chi connectivity index (χ2n) is 6.65. The van der Waals surface area contributed by atoms with Crippen molar-refractivity contribution in [2.45, 2.75) is 71.6 Å². The first-order chi connectivity index (χ1) is 12.1. The van der Waals surface area contributed by atoms with Crippen LogP contribution in [0.15, 0.2) is 12.3 Å². The van der Waals surface area contributed by atoms with Crippen LogP contribution in [0.25, 0.3) is 0 Å². The van der Waals surface area contributed by atoms with E-state index in [-0.39, 0.29) is 18.0 Å². The third-order valence-corrected chi connectivity index (χ3v) is 4.83. The fourth-order valence-electron chi connectivity index (χ4n) is 3.01. The molecule has 1 aliphatic heterocycles. The molecule has 0 unspecified atom stereocenters. The number of anilines is 1. The fraction of sp³-hybridized carbons (Fsp3) is 0.647. The van der Waals surface area contributed by atoms with Crippen LogP contribution >= 0.6 is 0 Å². The Bertz CT molecular complexity index is 720. The molecule has 136 valence electrons. The number of fused-ring (bicyclic) bond motifs is 1. The van der Waals surface area contributed by atoms with Gasteiger partial charge >= 0.3 is 0 Å². The lowest BCUT2D eigenvalue weighted by Crippen LogP contribution is -2.38. The van der Waals surface area contributed by atoms with Gasteiger partial charge in [-0.2, -0.15) is 5.10 Å². The van der Waals surface area contributed by atoms with Gasteiger partial charge in [-0.05, 0) is 33.1 Å². The van der Waals surface area contributed by atoms with E-state index in [1.54, 1.807) is 6.20 Å². The number of carbonyl (C=O) groups is 1. The van der Waals surface area contributed by atoms with E-state index < -0.39 is 0 Å². The molecule has 3 rings (SSSR count). The number of carbonyl (C=O) groups excluding carboxylic acids is 1. The van der Waals surface area contributed by atoms with Gasteiger partial charge in [-0.3, -0.25) is 10.1 Å². The average Bonchev–Trinajstić information content (AvgIpc) is 3.25. The molecule has 1 aliphatic rings. The number of hydrogen-bond acceptors (Lipinski definition) is 5. The van der Waals surface area contributed by atoms with Crippen molar-refractivity contribution in [3.8, 4) is 0 Å². The molecule has 1 amide bonds. The summed E-state index contributed by atoms with van der Waals surface area (Å²) in [6, 6.07) is 1.74. The number of aryl methyl sites for hydroxylation is 1. The zero-order valence-electron chi connectivity index (χ0n) is 15.2. The van der Waals surface area contributed by atoms with Crippen LogP contribution in [0.2, 0.25) is 0 Å². The topological polar surface area (TPSA) is 89.7 Å². The highest BCUT2D eigenvalue weighted by molar-refractivity contribution is 5.93. The SMILES string of the molecule is CC[C@H](C)n1nccc1NC(=O)[C@@H](C)NCc1nnc2n1CCCC2. The molecule has 0 aliphatic carbocycles. The largest absolute Gasteiger partial charge is 0.314 e. The van der Waals surface area contributed by atoms with Gasteiger partial charge in [0.25, 0.3) is 0 Å². The number of rotatable bonds is 7. The first-order valence-corrected chi connectivity index (χ1v) is 9.08. The van der Waals surface area contributed by atoms with Gasteiger partial charge in [0.2, 0.25) is 5.91 Å². The zero-order chi connectivity index (χ0) is 17.8. The summed E-state index contributed by atoms with van der Waals surface area (Å²) in [6.45, 7) is 7.53. The van der Waals surface area contributed by atoms with Crippen LogP contribution in [0, 0.1) is 0 Å². The van der Waals surface area contributed by atoms with Crippen LogP contribution in [-0.4, -0.2) is 36.5 Å². The predicted molar refractivity (Wildman–Crippen MR) is 95.1 cm³/mol. The molecule has 2 atom stereocenters. The van der Waals surface area contributed by atoms with Gasteiger partial charge in [0.1, 0.15) is 17.5 Å². The van der Waals surface area contributed by atoms with Crippen LogP contribution in [0.5, 0.6) is 0 Å². The minimum atomic E-state index is -0.336. The number of aromatic nitrogens is 5. The van der Waals surface area contributed by atoms with E-state index in [4.69, 9.17) is 0 Å². The van der Waals surface area contributed by atoms with Crippen molar-refractivity contribution in [2.24, 2.45) is 0 Å². The highest BCUT2D eigenvalue weighted by atomic mass is 16.2. The van der Waals surface area contributed by atoms with Gasteiger partial charge in [-0.1, -0.05) is 6.92 Å². The monoisotopic (exact) mass is 345 g/mol. The van der Waals surface area contributed by atoms with Crippen molar-refractivity contribution >= 4 is 11.7 Å². The van der Waals surface area contributed by atoms with E-state index in [9.17, 15) is 4.79 Å². The van der Waals surface area contributed by atoms with Crippen molar-refractivity contribution in [1.82, 2.24) is 29.9 Å². The number of nitrogens with one attached hydrogen (secondary N) is 2. The summed E-state index contributed by atoms with van der Waals surface area (Å²) in [6.07, 6.45) is 5.99. The van der Waals surface area contributed by atoms with Crippen molar-refractivity contribution in [1.29, 1.82) is 0 Å². The normalized spacial score (nSPS) is 16.3. The first kappa shape index (κ1) is 17.6. The summed E-state index contributed by atoms with van der Waals surface area (Å²) < 4.78 is 4.01. The van der Waals surface area contributed by atoms with Gasteiger partial charge in [0, 0.05) is 19.0 Å². The lowest BCUT2D eigenvalue weighted by Gasteiger charge is -2.18. The van der Waals surface area contributed by atoms with Gasteiger partial charge < -0.3 is 9.88 Å². The molecular weight excluding hydrogens is 318 g/mol. The van der Waals surface area contributed by atoms with Crippen molar-refractivity contribution in [3.63, 3.8) is 0 Å². The van der Waals surface area contributed by atoms with E-state index >= 15 is 0 Å². The molecule has 8 heteroatoms.